The van der Waals surface area contributed by atoms with Crippen LogP contribution in [0.2, 0.25) is 5.02 Å². The Morgan fingerprint density at radius 1 is 0.971 bits per heavy atom. The second-order valence-electron chi connectivity index (χ2n) is 9.39. The molecule has 1 atom stereocenters. The minimum Gasteiger partial charge on any atom is -0.396 e. The first-order chi connectivity index (χ1) is 16.4. The van der Waals surface area contributed by atoms with Crippen LogP contribution in [0.1, 0.15) is 52.7 Å². The van der Waals surface area contributed by atoms with Crippen LogP contribution in [0.3, 0.4) is 0 Å². The Balaban J connectivity index is 1.63. The summed E-state index contributed by atoms with van der Waals surface area (Å²) in [6, 6.07) is 21.7. The number of halogens is 1. The van der Waals surface area contributed by atoms with E-state index < -0.39 is 10.5 Å². The average molecular weight is 477 g/mol. The Labute approximate surface area is 202 Å². The van der Waals surface area contributed by atoms with E-state index in [0.717, 1.165) is 36.0 Å². The molecular formula is C27H25ClN2O4. The number of non-ortho nitro benzene ring substituents is 1. The molecule has 0 spiro atoms. The largest absolute Gasteiger partial charge is 0.396 e. The molecule has 0 saturated heterocycles. The summed E-state index contributed by atoms with van der Waals surface area (Å²) < 4.78 is 0. The van der Waals surface area contributed by atoms with Gasteiger partial charge in [-0.25, -0.2) is 0 Å². The summed E-state index contributed by atoms with van der Waals surface area (Å²) in [5, 5.41) is 21.7. The standard InChI is InChI=1S/C27H25ClN2O4/c28-21-9-7-20(8-10-21)27(16-15-26(18-31)13-14-26)24-4-2-1-3-23(24)25(32)29(27)17-19-5-11-22(12-6-19)30(33)34/h1-12,31H,13-18H2. The molecule has 1 amide bonds. The Morgan fingerprint density at radius 2 is 1.65 bits per heavy atom. The summed E-state index contributed by atoms with van der Waals surface area (Å²) in [4.78, 5) is 26.3. The molecule has 7 heteroatoms. The molecule has 1 N–H and O–H groups in total. The fraction of sp³-hybridized carbons (Fsp3) is 0.296. The fourth-order valence-electron chi connectivity index (χ4n) is 5.17. The monoisotopic (exact) mass is 476 g/mol. The van der Waals surface area contributed by atoms with Gasteiger partial charge in [0.05, 0.1) is 10.5 Å². The van der Waals surface area contributed by atoms with Gasteiger partial charge in [-0.1, -0.05) is 54.1 Å². The van der Waals surface area contributed by atoms with Gasteiger partial charge in [-0.2, -0.15) is 0 Å². The molecule has 3 aromatic carbocycles. The fourth-order valence-corrected chi connectivity index (χ4v) is 5.29. The molecule has 0 radical (unpaired) electrons. The first kappa shape index (κ1) is 22.6. The van der Waals surface area contributed by atoms with E-state index in [-0.39, 0.29) is 23.6 Å². The van der Waals surface area contributed by atoms with Gasteiger partial charge in [-0.3, -0.25) is 14.9 Å². The summed E-state index contributed by atoms with van der Waals surface area (Å²) in [5.74, 6) is -0.0715. The van der Waals surface area contributed by atoms with E-state index in [9.17, 15) is 20.0 Å². The third-order valence-corrected chi connectivity index (χ3v) is 7.68. The van der Waals surface area contributed by atoms with Crippen LogP contribution in [-0.2, 0) is 12.1 Å². The van der Waals surface area contributed by atoms with Crippen LogP contribution in [0.25, 0.3) is 0 Å². The van der Waals surface area contributed by atoms with E-state index in [1.54, 1.807) is 12.1 Å². The molecule has 3 aromatic rings. The molecule has 34 heavy (non-hydrogen) atoms. The molecule has 1 saturated carbocycles. The zero-order valence-corrected chi connectivity index (χ0v) is 19.4. The lowest BCUT2D eigenvalue weighted by Gasteiger charge is -2.41. The molecule has 2 aliphatic rings. The number of hydrogen-bond acceptors (Lipinski definition) is 4. The second kappa shape index (κ2) is 8.53. The smallest absolute Gasteiger partial charge is 0.269 e. The summed E-state index contributed by atoms with van der Waals surface area (Å²) >= 11 is 6.21. The number of benzene rings is 3. The number of rotatable bonds is 8. The topological polar surface area (TPSA) is 83.7 Å². The van der Waals surface area contributed by atoms with Crippen molar-refractivity contribution in [3.63, 3.8) is 0 Å². The van der Waals surface area contributed by atoms with Crippen LogP contribution in [0.5, 0.6) is 0 Å². The van der Waals surface area contributed by atoms with Crippen LogP contribution in [0.15, 0.2) is 72.8 Å². The minimum absolute atomic E-state index is 0.0161. The lowest BCUT2D eigenvalue weighted by atomic mass is 9.77. The van der Waals surface area contributed by atoms with E-state index in [1.807, 2.05) is 53.4 Å². The number of nitro groups is 1. The molecular weight excluding hydrogens is 452 g/mol. The van der Waals surface area contributed by atoms with Gasteiger partial charge in [0.15, 0.2) is 0 Å². The predicted molar refractivity (Wildman–Crippen MR) is 130 cm³/mol. The van der Waals surface area contributed by atoms with E-state index in [0.29, 0.717) is 23.6 Å². The van der Waals surface area contributed by atoms with E-state index in [2.05, 4.69) is 0 Å². The average Bonchev–Trinajstić information content (AvgIpc) is 3.60. The van der Waals surface area contributed by atoms with Gasteiger partial charge in [-0.15, -0.1) is 0 Å². The summed E-state index contributed by atoms with van der Waals surface area (Å²) in [6.07, 6.45) is 3.41. The van der Waals surface area contributed by atoms with Crippen molar-refractivity contribution in [3.05, 3.63) is 110 Å². The maximum atomic E-state index is 13.8. The van der Waals surface area contributed by atoms with Crippen molar-refractivity contribution in [3.8, 4) is 0 Å². The van der Waals surface area contributed by atoms with Gasteiger partial charge >= 0.3 is 0 Å². The Morgan fingerprint density at radius 3 is 2.26 bits per heavy atom. The number of hydrogen-bond donors (Lipinski definition) is 1. The van der Waals surface area contributed by atoms with Crippen LogP contribution >= 0.6 is 11.6 Å². The van der Waals surface area contributed by atoms with Crippen LogP contribution in [0.4, 0.5) is 5.69 Å². The van der Waals surface area contributed by atoms with Crippen molar-refractivity contribution in [2.75, 3.05) is 6.61 Å². The normalized spacial score (nSPS) is 20.3. The Hall–Kier alpha value is -3.22. The summed E-state index contributed by atoms with van der Waals surface area (Å²) in [7, 11) is 0. The molecule has 1 aliphatic heterocycles. The third kappa shape index (κ3) is 3.77. The summed E-state index contributed by atoms with van der Waals surface area (Å²) in [5.41, 5.74) is 2.58. The first-order valence-corrected chi connectivity index (χ1v) is 11.8. The molecule has 6 nitrogen and oxygen atoms in total. The number of carbonyl (C=O) groups excluding carboxylic acids is 1. The van der Waals surface area contributed by atoms with Crippen molar-refractivity contribution in [2.45, 2.75) is 37.8 Å². The van der Waals surface area contributed by atoms with Crippen molar-refractivity contribution in [1.29, 1.82) is 0 Å². The van der Waals surface area contributed by atoms with Gasteiger partial charge in [-0.05, 0) is 66.0 Å². The third-order valence-electron chi connectivity index (χ3n) is 7.43. The highest BCUT2D eigenvalue weighted by molar-refractivity contribution is 6.30. The SMILES string of the molecule is O=C1c2ccccc2C(CCC2(CO)CC2)(c2ccc(Cl)cc2)N1Cc1ccc([N+](=O)[O-])cc1. The Bertz CT molecular complexity index is 1240. The van der Waals surface area contributed by atoms with Gasteiger partial charge in [0.25, 0.3) is 11.6 Å². The first-order valence-electron chi connectivity index (χ1n) is 11.4. The number of nitro benzene ring substituents is 1. The molecule has 1 fully saturated rings. The summed E-state index contributed by atoms with van der Waals surface area (Å²) in [6.45, 7) is 0.446. The zero-order chi connectivity index (χ0) is 23.9. The highest BCUT2D eigenvalue weighted by Crippen LogP contribution is 2.55. The number of amides is 1. The van der Waals surface area contributed by atoms with E-state index >= 15 is 0 Å². The predicted octanol–water partition coefficient (Wildman–Crippen LogP) is 5.70. The molecule has 1 unspecified atom stereocenters. The molecule has 1 heterocycles. The lowest BCUT2D eigenvalue weighted by molar-refractivity contribution is -0.384. The quantitative estimate of drug-likeness (QED) is 0.334. The van der Waals surface area contributed by atoms with Crippen LogP contribution < -0.4 is 0 Å². The minimum atomic E-state index is -0.731. The van der Waals surface area contributed by atoms with E-state index in [1.165, 1.54) is 12.1 Å². The molecule has 5 rings (SSSR count). The molecule has 1 aliphatic carbocycles. The molecule has 0 aromatic heterocycles. The highest BCUT2D eigenvalue weighted by Gasteiger charge is 2.53. The van der Waals surface area contributed by atoms with Crippen LogP contribution in [0, 0.1) is 15.5 Å². The number of carbonyl (C=O) groups is 1. The van der Waals surface area contributed by atoms with Crippen LogP contribution in [-0.4, -0.2) is 27.4 Å². The molecule has 174 valence electrons. The van der Waals surface area contributed by atoms with Crippen molar-refractivity contribution >= 4 is 23.2 Å². The number of aliphatic hydroxyl groups is 1. The maximum absolute atomic E-state index is 13.8. The maximum Gasteiger partial charge on any atom is 0.269 e. The highest BCUT2D eigenvalue weighted by atomic mass is 35.5. The van der Waals surface area contributed by atoms with Crippen molar-refractivity contribution in [1.82, 2.24) is 4.90 Å². The second-order valence-corrected chi connectivity index (χ2v) is 9.82. The van der Waals surface area contributed by atoms with Gasteiger partial charge in [0, 0.05) is 35.9 Å². The number of nitrogens with zero attached hydrogens (tertiary/aromatic N) is 2. The Kier molecular flexibility index (Phi) is 5.66. The van der Waals surface area contributed by atoms with Gasteiger partial charge in [0.1, 0.15) is 0 Å². The zero-order valence-electron chi connectivity index (χ0n) is 18.6. The van der Waals surface area contributed by atoms with Gasteiger partial charge in [0.2, 0.25) is 0 Å². The van der Waals surface area contributed by atoms with Gasteiger partial charge < -0.3 is 10.0 Å². The lowest BCUT2D eigenvalue weighted by Crippen LogP contribution is -2.44. The van der Waals surface area contributed by atoms with Crippen molar-refractivity contribution < 1.29 is 14.8 Å². The van der Waals surface area contributed by atoms with Crippen molar-refractivity contribution in [2.24, 2.45) is 5.41 Å². The number of aliphatic hydroxyl groups excluding tert-OH is 1. The molecule has 0 bridgehead atoms. The van der Waals surface area contributed by atoms with E-state index in [4.69, 9.17) is 11.6 Å². The number of fused-ring (bicyclic) bond motifs is 1.